The van der Waals surface area contributed by atoms with Crippen LogP contribution in [0.1, 0.15) is 25.0 Å². The van der Waals surface area contributed by atoms with E-state index < -0.39 is 0 Å². The van der Waals surface area contributed by atoms with Gasteiger partial charge in [-0.3, -0.25) is 0 Å². The van der Waals surface area contributed by atoms with Crippen molar-refractivity contribution in [3.05, 3.63) is 18.2 Å². The molecule has 2 unspecified atom stereocenters. The smallest absolute Gasteiger partial charge is 0.0946 e. The Balaban J connectivity index is 1.74. The Labute approximate surface area is 96.8 Å². The maximum Gasteiger partial charge on any atom is 0.0946 e. The van der Waals surface area contributed by atoms with Gasteiger partial charge < -0.3 is 15.0 Å². The van der Waals surface area contributed by atoms with Gasteiger partial charge in [0.25, 0.3) is 0 Å². The SMILES string of the molecule is Cn1cncc1COCC1CCCC1CN. The Morgan fingerprint density at radius 3 is 3.00 bits per heavy atom. The summed E-state index contributed by atoms with van der Waals surface area (Å²) in [4.78, 5) is 4.07. The van der Waals surface area contributed by atoms with Gasteiger partial charge in [0.2, 0.25) is 0 Å². The number of aryl methyl sites for hydroxylation is 1. The summed E-state index contributed by atoms with van der Waals surface area (Å²) < 4.78 is 7.75. The summed E-state index contributed by atoms with van der Waals surface area (Å²) in [6.45, 7) is 2.30. The zero-order chi connectivity index (χ0) is 11.4. The standard InChI is InChI=1S/C12H21N3O/c1-15-9-14-6-12(15)8-16-7-11-4-2-3-10(11)5-13/h6,9-11H,2-5,7-8,13H2,1H3. The molecule has 4 heteroatoms. The molecule has 1 saturated carbocycles. The molecule has 0 radical (unpaired) electrons. The monoisotopic (exact) mass is 223 g/mol. The van der Waals surface area contributed by atoms with Gasteiger partial charge in [-0.1, -0.05) is 6.42 Å². The van der Waals surface area contributed by atoms with Crippen molar-refractivity contribution < 1.29 is 4.74 Å². The van der Waals surface area contributed by atoms with Crippen molar-refractivity contribution >= 4 is 0 Å². The Bertz CT molecular complexity index is 324. The minimum Gasteiger partial charge on any atom is -0.375 e. The first-order valence-corrected chi connectivity index (χ1v) is 6.04. The zero-order valence-corrected chi connectivity index (χ0v) is 9.93. The number of hydrogen-bond acceptors (Lipinski definition) is 3. The number of ether oxygens (including phenoxy) is 1. The van der Waals surface area contributed by atoms with Crippen LogP contribution >= 0.6 is 0 Å². The average Bonchev–Trinajstić information content (AvgIpc) is 2.88. The van der Waals surface area contributed by atoms with Crippen LogP contribution in [0, 0.1) is 11.8 Å². The lowest BCUT2D eigenvalue weighted by molar-refractivity contribution is 0.0721. The molecule has 0 bridgehead atoms. The van der Waals surface area contributed by atoms with Crippen LogP contribution in [0.5, 0.6) is 0 Å². The maximum absolute atomic E-state index is 5.76. The molecule has 1 aliphatic rings. The van der Waals surface area contributed by atoms with Gasteiger partial charge in [0.1, 0.15) is 0 Å². The molecule has 1 aromatic heterocycles. The summed E-state index contributed by atoms with van der Waals surface area (Å²) in [6, 6.07) is 0. The van der Waals surface area contributed by atoms with Gasteiger partial charge in [0.15, 0.2) is 0 Å². The fraction of sp³-hybridized carbons (Fsp3) is 0.750. The number of nitrogens with two attached hydrogens (primary N) is 1. The molecule has 0 saturated heterocycles. The summed E-state index contributed by atoms with van der Waals surface area (Å²) in [5.74, 6) is 1.34. The first-order valence-electron chi connectivity index (χ1n) is 6.04. The minimum atomic E-state index is 0.657. The largest absolute Gasteiger partial charge is 0.375 e. The molecule has 1 heterocycles. The number of aromatic nitrogens is 2. The molecule has 2 rings (SSSR count). The fourth-order valence-corrected chi connectivity index (χ4v) is 2.48. The lowest BCUT2D eigenvalue weighted by Gasteiger charge is -2.17. The predicted molar refractivity (Wildman–Crippen MR) is 62.7 cm³/mol. The molecule has 16 heavy (non-hydrogen) atoms. The summed E-state index contributed by atoms with van der Waals surface area (Å²) in [6.07, 6.45) is 7.51. The summed E-state index contributed by atoms with van der Waals surface area (Å²) in [5.41, 5.74) is 6.87. The van der Waals surface area contributed by atoms with Crippen molar-refractivity contribution in [2.24, 2.45) is 24.6 Å². The highest BCUT2D eigenvalue weighted by atomic mass is 16.5. The van der Waals surface area contributed by atoms with Crippen LogP contribution in [-0.2, 0) is 18.4 Å². The first kappa shape index (κ1) is 11.6. The van der Waals surface area contributed by atoms with Crippen LogP contribution in [0.2, 0.25) is 0 Å². The molecule has 2 atom stereocenters. The van der Waals surface area contributed by atoms with Crippen LogP contribution in [0.25, 0.3) is 0 Å². The Morgan fingerprint density at radius 1 is 1.50 bits per heavy atom. The molecule has 4 nitrogen and oxygen atoms in total. The highest BCUT2D eigenvalue weighted by Crippen LogP contribution is 2.31. The number of rotatable bonds is 5. The normalized spacial score (nSPS) is 25.1. The van der Waals surface area contributed by atoms with Gasteiger partial charge in [-0.05, 0) is 31.2 Å². The van der Waals surface area contributed by atoms with E-state index in [9.17, 15) is 0 Å². The fourth-order valence-electron chi connectivity index (χ4n) is 2.48. The van der Waals surface area contributed by atoms with E-state index in [1.54, 1.807) is 6.33 Å². The Hall–Kier alpha value is -0.870. The van der Waals surface area contributed by atoms with E-state index in [4.69, 9.17) is 10.5 Å². The van der Waals surface area contributed by atoms with E-state index in [1.165, 1.54) is 19.3 Å². The molecule has 1 aromatic rings. The van der Waals surface area contributed by atoms with Crippen LogP contribution in [0.3, 0.4) is 0 Å². The lowest BCUT2D eigenvalue weighted by atomic mass is 9.97. The lowest BCUT2D eigenvalue weighted by Crippen LogP contribution is -2.22. The molecular weight excluding hydrogens is 202 g/mol. The van der Waals surface area contributed by atoms with Gasteiger partial charge in [0, 0.05) is 7.05 Å². The molecule has 0 spiro atoms. The van der Waals surface area contributed by atoms with Crippen molar-refractivity contribution in [1.82, 2.24) is 9.55 Å². The second kappa shape index (κ2) is 5.46. The molecule has 1 fully saturated rings. The predicted octanol–water partition coefficient (Wildman–Crippen LogP) is 1.31. The highest BCUT2D eigenvalue weighted by Gasteiger charge is 2.25. The zero-order valence-electron chi connectivity index (χ0n) is 9.93. The minimum absolute atomic E-state index is 0.657. The summed E-state index contributed by atoms with van der Waals surface area (Å²) >= 11 is 0. The van der Waals surface area contributed by atoms with E-state index in [0.29, 0.717) is 18.4 Å². The van der Waals surface area contributed by atoms with E-state index in [0.717, 1.165) is 18.8 Å². The maximum atomic E-state index is 5.76. The number of nitrogens with zero attached hydrogens (tertiary/aromatic N) is 2. The van der Waals surface area contributed by atoms with Crippen molar-refractivity contribution in [2.75, 3.05) is 13.2 Å². The van der Waals surface area contributed by atoms with Crippen LogP contribution in [0.4, 0.5) is 0 Å². The van der Waals surface area contributed by atoms with E-state index in [2.05, 4.69) is 4.98 Å². The second-order valence-corrected chi connectivity index (χ2v) is 4.70. The third kappa shape index (κ3) is 2.62. The Morgan fingerprint density at radius 2 is 2.31 bits per heavy atom. The van der Waals surface area contributed by atoms with Crippen LogP contribution in [-0.4, -0.2) is 22.7 Å². The number of hydrogen-bond donors (Lipinski definition) is 1. The van der Waals surface area contributed by atoms with Gasteiger partial charge >= 0.3 is 0 Å². The highest BCUT2D eigenvalue weighted by molar-refractivity contribution is 4.95. The molecule has 0 aliphatic heterocycles. The third-order valence-corrected chi connectivity index (χ3v) is 3.62. The molecule has 90 valence electrons. The number of imidazole rings is 1. The van der Waals surface area contributed by atoms with E-state index in [1.807, 2.05) is 17.8 Å². The van der Waals surface area contributed by atoms with E-state index >= 15 is 0 Å². The topological polar surface area (TPSA) is 53.1 Å². The van der Waals surface area contributed by atoms with Crippen LogP contribution < -0.4 is 5.73 Å². The molecular formula is C12H21N3O. The van der Waals surface area contributed by atoms with Crippen molar-refractivity contribution in [1.29, 1.82) is 0 Å². The Kier molecular flexibility index (Phi) is 3.96. The van der Waals surface area contributed by atoms with Crippen molar-refractivity contribution in [2.45, 2.75) is 25.9 Å². The molecule has 1 aliphatic carbocycles. The molecule has 0 amide bonds. The molecule has 0 aromatic carbocycles. The second-order valence-electron chi connectivity index (χ2n) is 4.70. The van der Waals surface area contributed by atoms with Crippen molar-refractivity contribution in [3.63, 3.8) is 0 Å². The van der Waals surface area contributed by atoms with Gasteiger partial charge in [-0.2, -0.15) is 0 Å². The summed E-state index contributed by atoms with van der Waals surface area (Å²) in [5, 5.41) is 0. The van der Waals surface area contributed by atoms with Gasteiger partial charge in [0.05, 0.1) is 31.4 Å². The van der Waals surface area contributed by atoms with Crippen LogP contribution in [0.15, 0.2) is 12.5 Å². The quantitative estimate of drug-likeness (QED) is 0.819. The average molecular weight is 223 g/mol. The van der Waals surface area contributed by atoms with Crippen molar-refractivity contribution in [3.8, 4) is 0 Å². The first-order chi connectivity index (χ1) is 7.81. The van der Waals surface area contributed by atoms with Gasteiger partial charge in [-0.25, -0.2) is 4.98 Å². The van der Waals surface area contributed by atoms with E-state index in [-0.39, 0.29) is 0 Å². The third-order valence-electron chi connectivity index (χ3n) is 3.62. The summed E-state index contributed by atoms with van der Waals surface area (Å²) in [7, 11) is 1.99. The molecule has 2 N–H and O–H groups in total. The van der Waals surface area contributed by atoms with Gasteiger partial charge in [-0.15, -0.1) is 0 Å².